The summed E-state index contributed by atoms with van der Waals surface area (Å²) in [6, 6.07) is 4.14. The predicted octanol–water partition coefficient (Wildman–Crippen LogP) is 0.585. The Labute approximate surface area is 129 Å². The molecule has 0 spiro atoms. The van der Waals surface area contributed by atoms with E-state index in [1.807, 2.05) is 16.3 Å². The first-order chi connectivity index (χ1) is 10.2. The van der Waals surface area contributed by atoms with Crippen LogP contribution in [-0.4, -0.2) is 72.4 Å². The molecule has 0 aliphatic carbocycles. The number of likely N-dealkylation sites (tertiary alicyclic amines) is 1. The van der Waals surface area contributed by atoms with Crippen molar-refractivity contribution in [2.45, 2.75) is 25.0 Å². The topological polar surface area (TPSA) is 53.0 Å². The molecule has 2 atom stereocenters. The average Bonchev–Trinajstić information content (AvgIpc) is 3.15. The van der Waals surface area contributed by atoms with Gasteiger partial charge < -0.3 is 14.7 Å². The highest BCUT2D eigenvalue weighted by Crippen LogP contribution is 2.19. The number of hydrogen-bond acceptors (Lipinski definition) is 5. The van der Waals surface area contributed by atoms with Gasteiger partial charge >= 0.3 is 0 Å². The molecule has 0 aromatic carbocycles. The monoisotopic (exact) mass is 310 g/mol. The first-order valence-electron chi connectivity index (χ1n) is 7.54. The Hall–Kier alpha value is -0.950. The summed E-state index contributed by atoms with van der Waals surface area (Å²) in [6.45, 7) is 4.23. The van der Waals surface area contributed by atoms with Crippen LogP contribution < -0.4 is 0 Å². The maximum Gasteiger partial charge on any atom is 0.223 e. The minimum atomic E-state index is -0.436. The lowest BCUT2D eigenvalue weighted by Crippen LogP contribution is -2.49. The molecule has 2 aliphatic heterocycles. The van der Waals surface area contributed by atoms with Crippen molar-refractivity contribution in [2.24, 2.45) is 0 Å². The molecule has 6 heteroatoms. The van der Waals surface area contributed by atoms with Gasteiger partial charge in [0.05, 0.1) is 25.4 Å². The molecule has 5 nitrogen and oxygen atoms in total. The van der Waals surface area contributed by atoms with E-state index in [9.17, 15) is 9.90 Å². The maximum atomic E-state index is 12.3. The maximum absolute atomic E-state index is 12.3. The first-order valence-corrected chi connectivity index (χ1v) is 8.42. The Kier molecular flexibility index (Phi) is 4.90. The molecule has 2 fully saturated rings. The van der Waals surface area contributed by atoms with Gasteiger partial charge in [0.25, 0.3) is 0 Å². The third kappa shape index (κ3) is 3.63. The van der Waals surface area contributed by atoms with Crippen LogP contribution in [0, 0.1) is 0 Å². The summed E-state index contributed by atoms with van der Waals surface area (Å²) in [5, 5.41) is 12.3. The molecule has 0 saturated carbocycles. The van der Waals surface area contributed by atoms with Gasteiger partial charge in [-0.3, -0.25) is 9.69 Å². The molecule has 2 aliphatic rings. The van der Waals surface area contributed by atoms with Crippen molar-refractivity contribution in [1.82, 2.24) is 9.80 Å². The van der Waals surface area contributed by atoms with Crippen molar-refractivity contribution in [1.29, 1.82) is 0 Å². The summed E-state index contributed by atoms with van der Waals surface area (Å²) in [6.07, 6.45) is 0.891. The van der Waals surface area contributed by atoms with Crippen LogP contribution in [0.15, 0.2) is 17.5 Å². The van der Waals surface area contributed by atoms with E-state index < -0.39 is 6.10 Å². The minimum Gasteiger partial charge on any atom is -0.390 e. The van der Waals surface area contributed by atoms with Crippen LogP contribution in [-0.2, 0) is 16.0 Å². The number of carbonyl (C=O) groups excluding carboxylic acids is 1. The lowest BCUT2D eigenvalue weighted by Gasteiger charge is -2.33. The standard InChI is InChI=1S/C15H22N2O3S/c18-14-11-17(10-13(14)16-5-7-20-8-6-16)15(19)4-3-12-2-1-9-21-12/h1-2,9,13-14,18H,3-8,10-11H2/t13-,14-/m1/s1. The Balaban J connectivity index is 1.51. The van der Waals surface area contributed by atoms with Crippen molar-refractivity contribution in [3.05, 3.63) is 22.4 Å². The molecular formula is C15H22N2O3S. The Bertz CT molecular complexity index is 459. The number of hydrogen-bond donors (Lipinski definition) is 1. The molecule has 1 N–H and O–H groups in total. The van der Waals surface area contributed by atoms with Gasteiger partial charge in [0.2, 0.25) is 5.91 Å². The number of aryl methyl sites for hydroxylation is 1. The van der Waals surface area contributed by atoms with Gasteiger partial charge in [-0.2, -0.15) is 0 Å². The quantitative estimate of drug-likeness (QED) is 0.884. The summed E-state index contributed by atoms with van der Waals surface area (Å²) in [5.41, 5.74) is 0. The third-order valence-corrected chi connectivity index (χ3v) is 5.23. The second kappa shape index (κ2) is 6.87. The molecule has 1 aromatic heterocycles. The van der Waals surface area contributed by atoms with Gasteiger partial charge in [-0.25, -0.2) is 0 Å². The second-order valence-corrected chi connectivity index (χ2v) is 6.69. The van der Waals surface area contributed by atoms with Gasteiger partial charge in [-0.05, 0) is 17.9 Å². The van der Waals surface area contributed by atoms with Gasteiger partial charge in [0.1, 0.15) is 0 Å². The molecule has 2 saturated heterocycles. The van der Waals surface area contributed by atoms with E-state index in [2.05, 4.69) is 11.0 Å². The van der Waals surface area contributed by atoms with Gasteiger partial charge in [0.15, 0.2) is 0 Å². The Morgan fingerprint density at radius 2 is 2.19 bits per heavy atom. The SMILES string of the molecule is O=C(CCc1cccs1)N1C[C@@H](O)[C@H](N2CCOCC2)C1. The summed E-state index contributed by atoms with van der Waals surface area (Å²) < 4.78 is 5.35. The summed E-state index contributed by atoms with van der Waals surface area (Å²) >= 11 is 1.69. The number of morpholine rings is 1. The molecule has 0 radical (unpaired) electrons. The van der Waals surface area contributed by atoms with E-state index in [1.165, 1.54) is 4.88 Å². The highest BCUT2D eigenvalue weighted by Gasteiger charge is 2.37. The van der Waals surface area contributed by atoms with Crippen molar-refractivity contribution in [3.63, 3.8) is 0 Å². The van der Waals surface area contributed by atoms with Gasteiger partial charge in [-0.15, -0.1) is 11.3 Å². The lowest BCUT2D eigenvalue weighted by molar-refractivity contribution is -0.130. The number of thiophene rings is 1. The Morgan fingerprint density at radius 3 is 2.90 bits per heavy atom. The predicted molar refractivity (Wildman–Crippen MR) is 81.4 cm³/mol. The number of ether oxygens (including phenoxy) is 1. The van der Waals surface area contributed by atoms with Gasteiger partial charge in [0, 0.05) is 37.5 Å². The van der Waals surface area contributed by atoms with Crippen molar-refractivity contribution in [2.75, 3.05) is 39.4 Å². The molecule has 0 unspecified atom stereocenters. The van der Waals surface area contributed by atoms with Crippen molar-refractivity contribution < 1.29 is 14.6 Å². The van der Waals surface area contributed by atoms with Crippen LogP contribution in [0.3, 0.4) is 0 Å². The molecule has 3 heterocycles. The zero-order valence-electron chi connectivity index (χ0n) is 12.1. The zero-order valence-corrected chi connectivity index (χ0v) is 12.9. The second-order valence-electron chi connectivity index (χ2n) is 5.66. The lowest BCUT2D eigenvalue weighted by atomic mass is 10.1. The number of aliphatic hydroxyl groups is 1. The van der Waals surface area contributed by atoms with E-state index in [4.69, 9.17) is 4.74 Å². The fraction of sp³-hybridized carbons (Fsp3) is 0.667. The number of β-amino-alcohol motifs (C(OH)–C–C–N with tert-alkyl or cyclic N) is 1. The molecule has 21 heavy (non-hydrogen) atoms. The van der Waals surface area contributed by atoms with E-state index in [-0.39, 0.29) is 11.9 Å². The number of aliphatic hydroxyl groups excluding tert-OH is 1. The minimum absolute atomic E-state index is 0.0691. The number of rotatable bonds is 4. The van der Waals surface area contributed by atoms with Crippen molar-refractivity contribution in [3.8, 4) is 0 Å². The molecule has 116 valence electrons. The van der Waals surface area contributed by atoms with Crippen LogP contribution >= 0.6 is 11.3 Å². The van der Waals surface area contributed by atoms with Crippen LogP contribution in [0.4, 0.5) is 0 Å². The summed E-state index contributed by atoms with van der Waals surface area (Å²) in [5.74, 6) is 0.151. The molecular weight excluding hydrogens is 288 g/mol. The largest absolute Gasteiger partial charge is 0.390 e. The van der Waals surface area contributed by atoms with Crippen molar-refractivity contribution >= 4 is 17.2 Å². The highest BCUT2D eigenvalue weighted by molar-refractivity contribution is 7.09. The Morgan fingerprint density at radius 1 is 1.38 bits per heavy atom. The number of carbonyl (C=O) groups is 1. The van der Waals surface area contributed by atoms with Crippen LogP contribution in [0.25, 0.3) is 0 Å². The van der Waals surface area contributed by atoms with Crippen LogP contribution in [0.1, 0.15) is 11.3 Å². The zero-order chi connectivity index (χ0) is 14.7. The fourth-order valence-corrected chi connectivity index (χ4v) is 3.79. The van der Waals surface area contributed by atoms with E-state index in [1.54, 1.807) is 11.3 Å². The van der Waals surface area contributed by atoms with E-state index in [0.717, 1.165) is 32.7 Å². The fourth-order valence-electron chi connectivity index (χ4n) is 3.08. The average molecular weight is 310 g/mol. The molecule has 1 amide bonds. The molecule has 0 bridgehead atoms. The molecule has 3 rings (SSSR count). The molecule has 1 aromatic rings. The van der Waals surface area contributed by atoms with E-state index >= 15 is 0 Å². The number of nitrogens with zero attached hydrogens (tertiary/aromatic N) is 2. The normalized spacial score (nSPS) is 27.2. The van der Waals surface area contributed by atoms with Crippen LogP contribution in [0.2, 0.25) is 0 Å². The number of amides is 1. The summed E-state index contributed by atoms with van der Waals surface area (Å²) in [4.78, 5) is 17.6. The van der Waals surface area contributed by atoms with Gasteiger partial charge in [-0.1, -0.05) is 6.07 Å². The summed E-state index contributed by atoms with van der Waals surface area (Å²) in [7, 11) is 0. The first kappa shape index (κ1) is 15.0. The highest BCUT2D eigenvalue weighted by atomic mass is 32.1. The van der Waals surface area contributed by atoms with Crippen LogP contribution in [0.5, 0.6) is 0 Å². The third-order valence-electron chi connectivity index (χ3n) is 4.29. The van der Waals surface area contributed by atoms with E-state index in [0.29, 0.717) is 19.5 Å². The smallest absolute Gasteiger partial charge is 0.223 e.